The van der Waals surface area contributed by atoms with Gasteiger partial charge in [0.25, 0.3) is 5.56 Å². The quantitative estimate of drug-likeness (QED) is 0.431. The van der Waals surface area contributed by atoms with Crippen molar-refractivity contribution in [3.8, 4) is 0 Å². The maximum absolute atomic E-state index is 14.1. The fourth-order valence-corrected chi connectivity index (χ4v) is 5.17. The molecule has 36 heavy (non-hydrogen) atoms. The summed E-state index contributed by atoms with van der Waals surface area (Å²) in [5, 5.41) is 8.95. The van der Waals surface area contributed by atoms with Gasteiger partial charge >= 0.3 is 0 Å². The van der Waals surface area contributed by atoms with Gasteiger partial charge in [-0.25, -0.2) is 9.07 Å². The molecule has 4 aromatic rings. The Morgan fingerprint density at radius 1 is 1.06 bits per heavy atom. The lowest BCUT2D eigenvalue weighted by Crippen LogP contribution is -2.49. The highest BCUT2D eigenvalue weighted by Crippen LogP contribution is 2.30. The molecule has 1 aliphatic heterocycles. The number of piperazine rings is 1. The summed E-state index contributed by atoms with van der Waals surface area (Å²) in [6.45, 7) is 6.27. The van der Waals surface area contributed by atoms with Crippen LogP contribution >= 0.6 is 0 Å². The standard InChI is InChI=1S/C27H31FN6O2/c1-3-22(34-23-10-6-4-8-19(23)20-18-30-31(2)27(36)25(20)34)26(35)29-12-13-32-14-16-33(17-15-32)24-11-7-5-9-21(24)28/h4-11,18,22H,3,12-17H2,1-2H3,(H,29,35). The number of anilines is 1. The van der Waals surface area contributed by atoms with Gasteiger partial charge in [0.1, 0.15) is 17.4 Å². The molecule has 1 aliphatic rings. The molecule has 2 aromatic heterocycles. The molecule has 1 fully saturated rings. The minimum atomic E-state index is -0.514. The number of amides is 1. The van der Waals surface area contributed by atoms with Crippen molar-refractivity contribution in [3.05, 3.63) is 70.9 Å². The molecule has 8 nitrogen and oxygen atoms in total. The Morgan fingerprint density at radius 3 is 2.53 bits per heavy atom. The topological polar surface area (TPSA) is 75.4 Å². The smallest absolute Gasteiger partial charge is 0.291 e. The van der Waals surface area contributed by atoms with E-state index < -0.39 is 6.04 Å². The Balaban J connectivity index is 1.27. The molecule has 188 valence electrons. The highest BCUT2D eigenvalue weighted by Gasteiger charge is 2.26. The molecule has 3 heterocycles. The molecule has 0 aliphatic carbocycles. The number of benzene rings is 2. The van der Waals surface area contributed by atoms with Crippen LogP contribution in [0.2, 0.25) is 0 Å². The number of hydrogen-bond acceptors (Lipinski definition) is 5. The second-order valence-electron chi connectivity index (χ2n) is 9.22. The van der Waals surface area contributed by atoms with Gasteiger partial charge in [0.2, 0.25) is 5.91 Å². The maximum atomic E-state index is 14.1. The van der Waals surface area contributed by atoms with Crippen molar-refractivity contribution >= 4 is 33.4 Å². The molecule has 5 rings (SSSR count). The van der Waals surface area contributed by atoms with Crippen LogP contribution in [-0.4, -0.2) is 64.4 Å². The second kappa shape index (κ2) is 10.1. The van der Waals surface area contributed by atoms with E-state index >= 15 is 0 Å². The van der Waals surface area contributed by atoms with Crippen molar-refractivity contribution in [1.82, 2.24) is 24.6 Å². The van der Waals surface area contributed by atoms with Crippen LogP contribution in [0.4, 0.5) is 10.1 Å². The van der Waals surface area contributed by atoms with Crippen molar-refractivity contribution in [2.24, 2.45) is 7.05 Å². The number of nitrogens with one attached hydrogen (secondary N) is 1. The number of aryl methyl sites for hydroxylation is 1. The van der Waals surface area contributed by atoms with Crippen LogP contribution in [0.15, 0.2) is 59.5 Å². The number of fused-ring (bicyclic) bond motifs is 3. The predicted octanol–water partition coefficient (Wildman–Crippen LogP) is 2.92. The van der Waals surface area contributed by atoms with Gasteiger partial charge in [-0.3, -0.25) is 14.5 Å². The van der Waals surface area contributed by atoms with Gasteiger partial charge in [0.05, 0.1) is 17.4 Å². The third-order valence-electron chi connectivity index (χ3n) is 7.10. The van der Waals surface area contributed by atoms with Gasteiger partial charge in [-0.1, -0.05) is 37.3 Å². The summed E-state index contributed by atoms with van der Waals surface area (Å²) in [7, 11) is 1.62. The lowest BCUT2D eigenvalue weighted by atomic mass is 10.2. The Kier molecular flexibility index (Phi) is 6.73. The summed E-state index contributed by atoms with van der Waals surface area (Å²) in [6, 6.07) is 14.1. The SMILES string of the molecule is CCC(C(=O)NCCN1CCN(c2ccccc2F)CC1)n1c2ccccc2c2cnn(C)c(=O)c21. The molecule has 1 amide bonds. The van der Waals surface area contributed by atoms with Crippen molar-refractivity contribution in [2.75, 3.05) is 44.2 Å². The summed E-state index contributed by atoms with van der Waals surface area (Å²) in [6.07, 6.45) is 2.24. The monoisotopic (exact) mass is 490 g/mol. The fourth-order valence-electron chi connectivity index (χ4n) is 5.17. The summed E-state index contributed by atoms with van der Waals surface area (Å²) >= 11 is 0. The van der Waals surface area contributed by atoms with E-state index in [9.17, 15) is 14.0 Å². The van der Waals surface area contributed by atoms with E-state index in [0.717, 1.165) is 42.5 Å². The Morgan fingerprint density at radius 2 is 1.78 bits per heavy atom. The zero-order valence-corrected chi connectivity index (χ0v) is 20.7. The first-order valence-electron chi connectivity index (χ1n) is 12.4. The van der Waals surface area contributed by atoms with Crippen molar-refractivity contribution in [1.29, 1.82) is 0 Å². The number of rotatable bonds is 7. The van der Waals surface area contributed by atoms with Gasteiger partial charge < -0.3 is 14.8 Å². The maximum Gasteiger partial charge on any atom is 0.291 e. The molecule has 0 spiro atoms. The molecule has 1 atom stereocenters. The van der Waals surface area contributed by atoms with Gasteiger partial charge in [-0.15, -0.1) is 0 Å². The summed E-state index contributed by atoms with van der Waals surface area (Å²) in [4.78, 5) is 30.7. The minimum absolute atomic E-state index is 0.107. The number of nitrogens with zero attached hydrogens (tertiary/aromatic N) is 5. The second-order valence-corrected chi connectivity index (χ2v) is 9.22. The largest absolute Gasteiger partial charge is 0.367 e. The van der Waals surface area contributed by atoms with Crippen molar-refractivity contribution in [2.45, 2.75) is 19.4 Å². The Labute approximate surface area is 208 Å². The first-order valence-corrected chi connectivity index (χ1v) is 12.4. The Hall–Kier alpha value is -3.72. The highest BCUT2D eigenvalue weighted by atomic mass is 19.1. The molecule has 1 unspecified atom stereocenters. The van der Waals surface area contributed by atoms with Crippen LogP contribution in [0, 0.1) is 5.82 Å². The molecule has 1 saturated heterocycles. The van der Waals surface area contributed by atoms with Crippen molar-refractivity contribution in [3.63, 3.8) is 0 Å². The highest BCUT2D eigenvalue weighted by molar-refractivity contribution is 6.08. The normalized spacial score (nSPS) is 15.5. The first kappa shape index (κ1) is 24.0. The lowest BCUT2D eigenvalue weighted by molar-refractivity contribution is -0.124. The Bertz CT molecular complexity index is 1450. The molecule has 0 saturated carbocycles. The van der Waals surface area contributed by atoms with Crippen LogP contribution in [0.5, 0.6) is 0 Å². The molecule has 9 heteroatoms. The molecule has 0 radical (unpaired) electrons. The van der Waals surface area contributed by atoms with Crippen LogP contribution in [0.3, 0.4) is 0 Å². The van der Waals surface area contributed by atoms with E-state index in [0.29, 0.717) is 30.7 Å². The summed E-state index contributed by atoms with van der Waals surface area (Å²) in [5.41, 5.74) is 1.77. The number of hydrogen-bond donors (Lipinski definition) is 1. The van der Waals surface area contributed by atoms with E-state index in [2.05, 4.69) is 20.2 Å². The number of para-hydroxylation sites is 2. The van der Waals surface area contributed by atoms with Crippen LogP contribution in [0.25, 0.3) is 21.8 Å². The first-order chi connectivity index (χ1) is 17.5. The average molecular weight is 491 g/mol. The van der Waals surface area contributed by atoms with E-state index in [1.165, 1.54) is 10.7 Å². The number of halogens is 1. The molecule has 0 bridgehead atoms. The zero-order chi connectivity index (χ0) is 25.2. The summed E-state index contributed by atoms with van der Waals surface area (Å²) < 4.78 is 17.3. The molecule has 2 aromatic carbocycles. The van der Waals surface area contributed by atoms with Gasteiger partial charge in [0.15, 0.2) is 0 Å². The fraction of sp³-hybridized carbons (Fsp3) is 0.370. The molecular formula is C27H31FN6O2. The number of carbonyl (C=O) groups is 1. The van der Waals surface area contributed by atoms with Gasteiger partial charge in [-0.2, -0.15) is 5.10 Å². The summed E-state index contributed by atoms with van der Waals surface area (Å²) in [5.74, 6) is -0.302. The number of aromatic nitrogens is 3. The van der Waals surface area contributed by atoms with Crippen LogP contribution < -0.4 is 15.8 Å². The van der Waals surface area contributed by atoms with Crippen LogP contribution in [0.1, 0.15) is 19.4 Å². The lowest BCUT2D eigenvalue weighted by Gasteiger charge is -2.36. The third-order valence-corrected chi connectivity index (χ3v) is 7.10. The van der Waals surface area contributed by atoms with Crippen molar-refractivity contribution < 1.29 is 9.18 Å². The van der Waals surface area contributed by atoms with Crippen LogP contribution in [-0.2, 0) is 11.8 Å². The van der Waals surface area contributed by atoms with E-state index in [4.69, 9.17) is 0 Å². The zero-order valence-electron chi connectivity index (χ0n) is 20.7. The molecular weight excluding hydrogens is 459 g/mol. The molecule has 1 N–H and O–H groups in total. The third kappa shape index (κ3) is 4.35. The average Bonchev–Trinajstić information content (AvgIpc) is 3.22. The van der Waals surface area contributed by atoms with E-state index in [1.54, 1.807) is 19.3 Å². The number of carbonyl (C=O) groups excluding carboxylic acids is 1. The predicted molar refractivity (Wildman–Crippen MR) is 140 cm³/mol. The van der Waals surface area contributed by atoms with E-state index in [1.807, 2.05) is 47.9 Å². The van der Waals surface area contributed by atoms with E-state index in [-0.39, 0.29) is 17.3 Å². The van der Waals surface area contributed by atoms with Gasteiger partial charge in [0, 0.05) is 57.1 Å². The van der Waals surface area contributed by atoms with Gasteiger partial charge in [-0.05, 0) is 24.6 Å². The minimum Gasteiger partial charge on any atom is -0.367 e.